The van der Waals surface area contributed by atoms with Gasteiger partial charge in [0.05, 0.1) is 18.8 Å². The maximum absolute atomic E-state index is 12.9. The van der Waals surface area contributed by atoms with E-state index < -0.39 is 0 Å². The SMILES string of the molecule is O=C(NC1CCOC2(CCCCC2)C1)N1CCOC(c2cccc(O)c2)C1. The van der Waals surface area contributed by atoms with Crippen LogP contribution in [0.15, 0.2) is 24.3 Å². The summed E-state index contributed by atoms with van der Waals surface area (Å²) in [7, 11) is 0. The molecule has 2 unspecified atom stereocenters. The Balaban J connectivity index is 1.35. The van der Waals surface area contributed by atoms with E-state index in [2.05, 4.69) is 5.32 Å². The zero-order valence-electron chi connectivity index (χ0n) is 15.9. The summed E-state index contributed by atoms with van der Waals surface area (Å²) in [5, 5.41) is 12.9. The zero-order valence-corrected chi connectivity index (χ0v) is 15.9. The van der Waals surface area contributed by atoms with Crippen molar-refractivity contribution < 1.29 is 19.4 Å². The molecule has 2 saturated heterocycles. The molecule has 1 spiro atoms. The molecule has 6 heteroatoms. The van der Waals surface area contributed by atoms with Crippen molar-refractivity contribution in [3.8, 4) is 5.75 Å². The van der Waals surface area contributed by atoms with Crippen LogP contribution in [-0.2, 0) is 9.47 Å². The van der Waals surface area contributed by atoms with Gasteiger partial charge in [0, 0.05) is 19.2 Å². The van der Waals surface area contributed by atoms with Crippen LogP contribution in [0, 0.1) is 0 Å². The molecule has 0 radical (unpaired) electrons. The molecule has 2 heterocycles. The van der Waals surface area contributed by atoms with Gasteiger partial charge in [0.25, 0.3) is 0 Å². The number of aromatic hydroxyl groups is 1. The molecule has 0 aromatic heterocycles. The Labute approximate surface area is 160 Å². The highest BCUT2D eigenvalue weighted by Crippen LogP contribution is 2.38. The monoisotopic (exact) mass is 374 g/mol. The summed E-state index contributed by atoms with van der Waals surface area (Å²) in [4.78, 5) is 14.7. The number of ether oxygens (including phenoxy) is 2. The number of carbonyl (C=O) groups is 1. The van der Waals surface area contributed by atoms with Gasteiger partial charge in [0.15, 0.2) is 0 Å². The second-order valence-electron chi connectivity index (χ2n) is 8.13. The van der Waals surface area contributed by atoms with E-state index in [1.165, 1.54) is 19.3 Å². The van der Waals surface area contributed by atoms with Crippen LogP contribution in [0.1, 0.15) is 56.6 Å². The number of hydrogen-bond donors (Lipinski definition) is 2. The highest BCUT2D eigenvalue weighted by atomic mass is 16.5. The maximum atomic E-state index is 12.9. The smallest absolute Gasteiger partial charge is 0.317 e. The van der Waals surface area contributed by atoms with Crippen molar-refractivity contribution in [3.63, 3.8) is 0 Å². The third-order valence-corrected chi connectivity index (χ3v) is 6.18. The average Bonchev–Trinajstić information content (AvgIpc) is 2.69. The molecular weight excluding hydrogens is 344 g/mol. The van der Waals surface area contributed by atoms with Crippen molar-refractivity contribution in [3.05, 3.63) is 29.8 Å². The number of carbonyl (C=O) groups excluding carboxylic acids is 1. The predicted molar refractivity (Wildman–Crippen MR) is 102 cm³/mol. The molecule has 4 rings (SSSR count). The number of phenols is 1. The van der Waals surface area contributed by atoms with E-state index >= 15 is 0 Å². The summed E-state index contributed by atoms with van der Waals surface area (Å²) >= 11 is 0. The number of amides is 2. The molecule has 2 atom stereocenters. The molecule has 3 aliphatic rings. The lowest BCUT2D eigenvalue weighted by Gasteiger charge is -2.44. The number of nitrogens with one attached hydrogen (secondary N) is 1. The molecular formula is C21H30N2O4. The van der Waals surface area contributed by atoms with Crippen LogP contribution >= 0.6 is 0 Å². The molecule has 27 heavy (non-hydrogen) atoms. The van der Waals surface area contributed by atoms with Gasteiger partial charge in [-0.25, -0.2) is 4.79 Å². The van der Waals surface area contributed by atoms with E-state index in [0.29, 0.717) is 19.7 Å². The molecule has 1 aliphatic carbocycles. The third-order valence-electron chi connectivity index (χ3n) is 6.18. The number of urea groups is 1. The van der Waals surface area contributed by atoms with Crippen molar-refractivity contribution in [2.45, 2.75) is 62.7 Å². The van der Waals surface area contributed by atoms with Gasteiger partial charge in [-0.15, -0.1) is 0 Å². The third kappa shape index (κ3) is 4.38. The Bertz CT molecular complexity index is 654. The number of phenolic OH excluding ortho intramolecular Hbond substituents is 1. The molecule has 1 aromatic carbocycles. The molecule has 6 nitrogen and oxygen atoms in total. The van der Waals surface area contributed by atoms with Crippen molar-refractivity contribution in [2.24, 2.45) is 0 Å². The second kappa shape index (κ2) is 8.07. The maximum Gasteiger partial charge on any atom is 0.317 e. The molecule has 2 aliphatic heterocycles. The lowest BCUT2D eigenvalue weighted by Crippen LogP contribution is -2.54. The van der Waals surface area contributed by atoms with Crippen LogP contribution in [0.25, 0.3) is 0 Å². The second-order valence-corrected chi connectivity index (χ2v) is 8.13. The molecule has 2 amide bonds. The van der Waals surface area contributed by atoms with Crippen molar-refractivity contribution >= 4 is 6.03 Å². The molecule has 1 saturated carbocycles. The quantitative estimate of drug-likeness (QED) is 0.833. The lowest BCUT2D eigenvalue weighted by molar-refractivity contribution is -0.108. The molecule has 3 fully saturated rings. The van der Waals surface area contributed by atoms with Crippen molar-refractivity contribution in [1.82, 2.24) is 10.2 Å². The van der Waals surface area contributed by atoms with Gasteiger partial charge in [-0.3, -0.25) is 0 Å². The van der Waals surface area contributed by atoms with E-state index in [1.807, 2.05) is 11.0 Å². The number of benzene rings is 1. The molecule has 148 valence electrons. The normalized spacial score (nSPS) is 28.1. The minimum atomic E-state index is -0.198. The largest absolute Gasteiger partial charge is 0.508 e. The van der Waals surface area contributed by atoms with E-state index in [0.717, 1.165) is 37.9 Å². The van der Waals surface area contributed by atoms with E-state index in [1.54, 1.807) is 18.2 Å². The van der Waals surface area contributed by atoms with Gasteiger partial charge >= 0.3 is 6.03 Å². The first kappa shape index (κ1) is 18.6. The van der Waals surface area contributed by atoms with Gasteiger partial charge in [-0.2, -0.15) is 0 Å². The van der Waals surface area contributed by atoms with Gasteiger partial charge in [0.2, 0.25) is 0 Å². The van der Waals surface area contributed by atoms with Crippen LogP contribution in [0.3, 0.4) is 0 Å². The lowest BCUT2D eigenvalue weighted by atomic mass is 9.78. The fraction of sp³-hybridized carbons (Fsp3) is 0.667. The topological polar surface area (TPSA) is 71.0 Å². The summed E-state index contributed by atoms with van der Waals surface area (Å²) < 4.78 is 12.0. The van der Waals surface area contributed by atoms with Gasteiger partial charge in [-0.1, -0.05) is 31.4 Å². The first-order chi connectivity index (χ1) is 13.1. The van der Waals surface area contributed by atoms with Crippen LogP contribution in [0.5, 0.6) is 5.75 Å². The summed E-state index contributed by atoms with van der Waals surface area (Å²) in [5.41, 5.74) is 0.892. The highest BCUT2D eigenvalue weighted by molar-refractivity contribution is 5.74. The summed E-state index contributed by atoms with van der Waals surface area (Å²) in [6.07, 6.45) is 7.62. The molecule has 0 bridgehead atoms. The Hall–Kier alpha value is -1.79. The van der Waals surface area contributed by atoms with Gasteiger partial charge in [0.1, 0.15) is 11.9 Å². The number of rotatable bonds is 2. The Morgan fingerprint density at radius 1 is 1.22 bits per heavy atom. The van der Waals surface area contributed by atoms with Crippen LogP contribution in [0.4, 0.5) is 4.79 Å². The zero-order chi connectivity index (χ0) is 18.7. The summed E-state index contributed by atoms with van der Waals surface area (Å²) in [6, 6.07) is 7.25. The van der Waals surface area contributed by atoms with Crippen molar-refractivity contribution in [1.29, 1.82) is 0 Å². The summed E-state index contributed by atoms with van der Waals surface area (Å²) in [5.74, 6) is 0.220. The molecule has 2 N–H and O–H groups in total. The van der Waals surface area contributed by atoms with Gasteiger partial charge in [-0.05, 0) is 43.4 Å². The molecule has 1 aromatic rings. The Morgan fingerprint density at radius 3 is 2.89 bits per heavy atom. The standard InChI is InChI=1S/C21H30N2O4/c24-18-6-4-5-16(13-18)19-15-23(10-12-26-19)20(25)22-17-7-11-27-21(14-17)8-2-1-3-9-21/h4-6,13,17,19,24H,1-3,7-12,14-15H2,(H,22,25). The Morgan fingerprint density at radius 2 is 2.07 bits per heavy atom. The van der Waals surface area contributed by atoms with E-state index in [9.17, 15) is 9.90 Å². The first-order valence-corrected chi connectivity index (χ1v) is 10.2. The number of hydrogen-bond acceptors (Lipinski definition) is 4. The van der Waals surface area contributed by atoms with Crippen LogP contribution in [-0.4, -0.2) is 54.0 Å². The fourth-order valence-electron chi connectivity index (χ4n) is 4.72. The fourth-order valence-corrected chi connectivity index (χ4v) is 4.72. The Kier molecular flexibility index (Phi) is 5.55. The van der Waals surface area contributed by atoms with E-state index in [4.69, 9.17) is 9.47 Å². The minimum absolute atomic E-state index is 0.0104. The van der Waals surface area contributed by atoms with Crippen molar-refractivity contribution in [2.75, 3.05) is 26.3 Å². The van der Waals surface area contributed by atoms with Crippen LogP contribution in [0.2, 0.25) is 0 Å². The first-order valence-electron chi connectivity index (χ1n) is 10.2. The van der Waals surface area contributed by atoms with Gasteiger partial charge < -0.3 is 24.8 Å². The average molecular weight is 374 g/mol. The highest BCUT2D eigenvalue weighted by Gasteiger charge is 2.39. The number of nitrogens with zero attached hydrogens (tertiary/aromatic N) is 1. The predicted octanol–water partition coefficient (Wildman–Crippen LogP) is 3.36. The number of morpholine rings is 1. The minimum Gasteiger partial charge on any atom is -0.508 e. The van der Waals surface area contributed by atoms with E-state index in [-0.39, 0.29) is 29.5 Å². The summed E-state index contributed by atoms with van der Waals surface area (Å²) in [6.45, 7) is 2.34. The van der Waals surface area contributed by atoms with Crippen LogP contribution < -0.4 is 5.32 Å².